The van der Waals surface area contributed by atoms with Gasteiger partial charge < -0.3 is 19.7 Å². The van der Waals surface area contributed by atoms with Crippen molar-refractivity contribution in [3.8, 4) is 17.0 Å². The second kappa shape index (κ2) is 10.3. The summed E-state index contributed by atoms with van der Waals surface area (Å²) in [4.78, 5) is 20.0. The average molecular weight is 432 g/mol. The van der Waals surface area contributed by atoms with Gasteiger partial charge in [0.05, 0.1) is 19.8 Å². The second-order valence-corrected chi connectivity index (χ2v) is 7.72. The minimum Gasteiger partial charge on any atom is -0.477 e. The van der Waals surface area contributed by atoms with Crippen LogP contribution < -0.4 is 15.0 Å². The molecule has 1 saturated heterocycles. The maximum atomic E-state index is 13.2. The van der Waals surface area contributed by atoms with E-state index in [0.717, 1.165) is 41.2 Å². The number of pyridine rings is 1. The van der Waals surface area contributed by atoms with Gasteiger partial charge in [0.2, 0.25) is 5.88 Å². The van der Waals surface area contributed by atoms with E-state index in [1.807, 2.05) is 56.3 Å². The Morgan fingerprint density at radius 2 is 1.81 bits per heavy atom. The van der Waals surface area contributed by atoms with Crippen molar-refractivity contribution in [1.82, 2.24) is 10.3 Å². The van der Waals surface area contributed by atoms with Gasteiger partial charge in [0, 0.05) is 19.6 Å². The van der Waals surface area contributed by atoms with E-state index in [4.69, 9.17) is 9.47 Å². The molecule has 0 aliphatic carbocycles. The van der Waals surface area contributed by atoms with Gasteiger partial charge in [-0.15, -0.1) is 0 Å². The van der Waals surface area contributed by atoms with Gasteiger partial charge in [-0.1, -0.05) is 54.6 Å². The van der Waals surface area contributed by atoms with Crippen LogP contribution in [0.25, 0.3) is 11.1 Å². The maximum Gasteiger partial charge on any atom is 0.257 e. The van der Waals surface area contributed by atoms with Crippen molar-refractivity contribution in [1.29, 1.82) is 0 Å². The topological polar surface area (TPSA) is 63.7 Å². The Labute approximate surface area is 189 Å². The normalized spacial score (nSPS) is 13.6. The number of ether oxygens (including phenoxy) is 2. The number of aryl methyl sites for hydroxylation is 1. The monoisotopic (exact) mass is 431 g/mol. The SMILES string of the molecule is CCOc1nc(N2CCOCC2)cc(C)c1C(=O)NCc1ccccc1-c1ccccc1. The fourth-order valence-electron chi connectivity index (χ4n) is 3.94. The van der Waals surface area contributed by atoms with Gasteiger partial charge in [-0.3, -0.25) is 4.79 Å². The first-order valence-electron chi connectivity index (χ1n) is 11.1. The number of hydrogen-bond donors (Lipinski definition) is 1. The summed E-state index contributed by atoms with van der Waals surface area (Å²) in [6, 6.07) is 20.3. The van der Waals surface area contributed by atoms with Crippen molar-refractivity contribution in [2.45, 2.75) is 20.4 Å². The van der Waals surface area contributed by atoms with Crippen LogP contribution in [0.2, 0.25) is 0 Å². The van der Waals surface area contributed by atoms with Crippen molar-refractivity contribution >= 4 is 11.7 Å². The minimum absolute atomic E-state index is 0.185. The van der Waals surface area contributed by atoms with Crippen LogP contribution in [0.1, 0.15) is 28.4 Å². The minimum atomic E-state index is -0.185. The van der Waals surface area contributed by atoms with Crippen molar-refractivity contribution < 1.29 is 14.3 Å². The number of hydrogen-bond acceptors (Lipinski definition) is 5. The van der Waals surface area contributed by atoms with Gasteiger partial charge in [-0.2, -0.15) is 4.98 Å². The number of nitrogens with one attached hydrogen (secondary N) is 1. The molecule has 3 aromatic rings. The van der Waals surface area contributed by atoms with Gasteiger partial charge in [0.15, 0.2) is 0 Å². The lowest BCUT2D eigenvalue weighted by atomic mass is 9.99. The highest BCUT2D eigenvalue weighted by Crippen LogP contribution is 2.27. The molecule has 1 amide bonds. The average Bonchev–Trinajstić information content (AvgIpc) is 2.84. The number of carbonyl (C=O) groups excluding carboxylic acids is 1. The summed E-state index contributed by atoms with van der Waals surface area (Å²) in [6.45, 7) is 7.59. The number of rotatable bonds is 7. The van der Waals surface area contributed by atoms with Crippen molar-refractivity contribution in [2.75, 3.05) is 37.8 Å². The van der Waals surface area contributed by atoms with Crippen LogP contribution >= 0.6 is 0 Å². The van der Waals surface area contributed by atoms with Crippen molar-refractivity contribution in [3.63, 3.8) is 0 Å². The largest absolute Gasteiger partial charge is 0.477 e. The predicted octanol–water partition coefficient (Wildman–Crippen LogP) is 4.22. The first kappa shape index (κ1) is 21.8. The highest BCUT2D eigenvalue weighted by atomic mass is 16.5. The van der Waals surface area contributed by atoms with Crippen LogP contribution in [0.15, 0.2) is 60.7 Å². The third kappa shape index (κ3) is 4.92. The van der Waals surface area contributed by atoms with Gasteiger partial charge in [0.1, 0.15) is 11.4 Å². The molecule has 2 heterocycles. The fourth-order valence-corrected chi connectivity index (χ4v) is 3.94. The van der Waals surface area contributed by atoms with E-state index in [0.29, 0.717) is 37.8 Å². The number of benzene rings is 2. The molecule has 1 N–H and O–H groups in total. The van der Waals surface area contributed by atoms with Gasteiger partial charge >= 0.3 is 0 Å². The smallest absolute Gasteiger partial charge is 0.257 e. The third-order valence-electron chi connectivity index (χ3n) is 5.55. The van der Waals surface area contributed by atoms with Crippen LogP contribution in [0.5, 0.6) is 5.88 Å². The lowest BCUT2D eigenvalue weighted by Gasteiger charge is -2.28. The van der Waals surface area contributed by atoms with Crippen LogP contribution in [0.3, 0.4) is 0 Å². The van der Waals surface area contributed by atoms with Crippen LogP contribution in [0.4, 0.5) is 5.82 Å². The maximum absolute atomic E-state index is 13.2. The number of carbonyl (C=O) groups is 1. The summed E-state index contributed by atoms with van der Waals surface area (Å²) in [7, 11) is 0. The zero-order valence-electron chi connectivity index (χ0n) is 18.6. The summed E-state index contributed by atoms with van der Waals surface area (Å²) < 4.78 is 11.2. The zero-order valence-corrected chi connectivity index (χ0v) is 18.6. The van der Waals surface area contributed by atoms with E-state index in [1.165, 1.54) is 0 Å². The summed E-state index contributed by atoms with van der Waals surface area (Å²) in [5.41, 5.74) is 4.62. The fraction of sp³-hybridized carbons (Fsp3) is 0.308. The molecule has 6 nitrogen and oxygen atoms in total. The van der Waals surface area contributed by atoms with Gasteiger partial charge in [0.25, 0.3) is 5.91 Å². The first-order valence-corrected chi connectivity index (χ1v) is 11.1. The number of morpholine rings is 1. The number of nitrogens with zero attached hydrogens (tertiary/aromatic N) is 2. The zero-order chi connectivity index (χ0) is 22.3. The van der Waals surface area contributed by atoms with Crippen LogP contribution in [-0.2, 0) is 11.3 Å². The Hall–Kier alpha value is -3.38. The molecular formula is C26H29N3O3. The molecule has 0 atom stereocenters. The molecule has 0 unspecified atom stereocenters. The van der Waals surface area contributed by atoms with E-state index in [2.05, 4.69) is 33.4 Å². The lowest BCUT2D eigenvalue weighted by molar-refractivity contribution is 0.0945. The Balaban J connectivity index is 1.56. The molecule has 2 aromatic carbocycles. The summed E-state index contributed by atoms with van der Waals surface area (Å²) in [5.74, 6) is 1.01. The molecule has 1 aliphatic heterocycles. The molecule has 0 bridgehead atoms. The molecule has 0 saturated carbocycles. The van der Waals surface area contributed by atoms with Gasteiger partial charge in [-0.05, 0) is 42.2 Å². The van der Waals surface area contributed by atoms with E-state index >= 15 is 0 Å². The van der Waals surface area contributed by atoms with E-state index in [9.17, 15) is 4.79 Å². The summed E-state index contributed by atoms with van der Waals surface area (Å²) in [6.07, 6.45) is 0. The van der Waals surface area contributed by atoms with E-state index in [-0.39, 0.29) is 5.91 Å². The molecule has 32 heavy (non-hydrogen) atoms. The Morgan fingerprint density at radius 3 is 2.56 bits per heavy atom. The Kier molecular flexibility index (Phi) is 7.02. The Bertz CT molecular complexity index is 1060. The number of anilines is 1. The number of amides is 1. The highest BCUT2D eigenvalue weighted by Gasteiger charge is 2.22. The van der Waals surface area contributed by atoms with Crippen molar-refractivity contribution in [3.05, 3.63) is 77.4 Å². The molecule has 1 aliphatic rings. The number of aromatic nitrogens is 1. The van der Waals surface area contributed by atoms with E-state index < -0.39 is 0 Å². The molecule has 6 heteroatoms. The van der Waals surface area contributed by atoms with Crippen molar-refractivity contribution in [2.24, 2.45) is 0 Å². The molecule has 1 fully saturated rings. The molecular weight excluding hydrogens is 402 g/mol. The lowest BCUT2D eigenvalue weighted by Crippen LogP contribution is -2.37. The summed E-state index contributed by atoms with van der Waals surface area (Å²) >= 11 is 0. The standard InChI is InChI=1S/C26H29N3O3/c1-3-32-26-24(19(2)17-23(28-26)29-13-15-31-16-14-29)25(30)27-18-21-11-7-8-12-22(21)20-9-5-4-6-10-20/h4-12,17H,3,13-16,18H2,1-2H3,(H,27,30). The molecule has 4 rings (SSSR count). The molecule has 1 aromatic heterocycles. The van der Waals surface area contributed by atoms with E-state index in [1.54, 1.807) is 0 Å². The summed E-state index contributed by atoms with van der Waals surface area (Å²) in [5, 5.41) is 3.07. The molecule has 166 valence electrons. The van der Waals surface area contributed by atoms with Crippen LogP contribution in [-0.4, -0.2) is 43.8 Å². The van der Waals surface area contributed by atoms with Gasteiger partial charge in [-0.25, -0.2) is 0 Å². The third-order valence-corrected chi connectivity index (χ3v) is 5.55. The molecule has 0 radical (unpaired) electrons. The van der Waals surface area contributed by atoms with Crippen LogP contribution in [0, 0.1) is 6.92 Å². The molecule has 0 spiro atoms. The Morgan fingerprint density at radius 1 is 1.09 bits per heavy atom. The highest BCUT2D eigenvalue weighted by molar-refractivity contribution is 5.98. The quantitative estimate of drug-likeness (QED) is 0.607. The second-order valence-electron chi connectivity index (χ2n) is 7.72. The first-order chi connectivity index (χ1) is 15.7. The predicted molar refractivity (Wildman–Crippen MR) is 126 cm³/mol.